The third-order valence-corrected chi connectivity index (χ3v) is 4.42. The largest absolute Gasteiger partial charge is 0.389 e. The minimum absolute atomic E-state index is 1.03. The molecule has 0 aliphatic rings. The van der Waals surface area contributed by atoms with Crippen LogP contribution in [-0.4, -0.2) is 6.54 Å². The molecule has 1 aromatic carbocycles. The Morgan fingerprint density at radius 1 is 0.826 bits per heavy atom. The Labute approximate surface area is 144 Å². The SMILES string of the molecule is CCCCCCCCCCCCNC(C)=CCc1ccccc1. The monoisotopic (exact) mass is 315 g/mol. The van der Waals surface area contributed by atoms with Crippen LogP contribution in [0.4, 0.5) is 0 Å². The molecule has 0 amide bonds. The fourth-order valence-electron chi connectivity index (χ4n) is 2.86. The second-order valence-electron chi connectivity index (χ2n) is 6.69. The molecule has 0 saturated heterocycles. The van der Waals surface area contributed by atoms with E-state index < -0.39 is 0 Å². The Balaban J connectivity index is 1.90. The standard InChI is InChI=1S/C22H37N/c1-3-4-5-6-7-8-9-10-11-15-20-23-21(2)18-19-22-16-13-12-14-17-22/h12-14,16-18,23H,3-11,15,19-20H2,1-2H3. The first-order valence-electron chi connectivity index (χ1n) is 9.77. The zero-order valence-corrected chi connectivity index (χ0v) is 15.4. The van der Waals surface area contributed by atoms with Crippen LogP contribution < -0.4 is 5.32 Å². The van der Waals surface area contributed by atoms with Crippen molar-refractivity contribution in [2.24, 2.45) is 0 Å². The van der Waals surface area contributed by atoms with Crippen LogP contribution in [-0.2, 0) is 6.42 Å². The molecule has 0 heterocycles. The predicted molar refractivity (Wildman–Crippen MR) is 104 cm³/mol. The Morgan fingerprint density at radius 2 is 1.39 bits per heavy atom. The fraction of sp³-hybridized carbons (Fsp3) is 0.636. The smallest absolute Gasteiger partial charge is 0.0143 e. The fourth-order valence-corrected chi connectivity index (χ4v) is 2.86. The second kappa shape index (κ2) is 14.4. The van der Waals surface area contributed by atoms with Gasteiger partial charge < -0.3 is 5.32 Å². The van der Waals surface area contributed by atoms with E-state index in [1.807, 2.05) is 0 Å². The molecule has 0 spiro atoms. The van der Waals surface area contributed by atoms with Gasteiger partial charge in [0.15, 0.2) is 0 Å². The number of rotatable bonds is 14. The highest BCUT2D eigenvalue weighted by Crippen LogP contribution is 2.10. The summed E-state index contributed by atoms with van der Waals surface area (Å²) in [6.07, 6.45) is 17.4. The number of hydrogen-bond acceptors (Lipinski definition) is 1. The molecule has 0 saturated carbocycles. The average molecular weight is 316 g/mol. The summed E-state index contributed by atoms with van der Waals surface area (Å²) in [4.78, 5) is 0. The first-order valence-corrected chi connectivity index (χ1v) is 9.77. The second-order valence-corrected chi connectivity index (χ2v) is 6.69. The van der Waals surface area contributed by atoms with Crippen LogP contribution in [0.3, 0.4) is 0 Å². The molecule has 130 valence electrons. The molecule has 1 heteroatoms. The van der Waals surface area contributed by atoms with Crippen LogP contribution in [0.25, 0.3) is 0 Å². The number of nitrogens with one attached hydrogen (secondary N) is 1. The number of hydrogen-bond donors (Lipinski definition) is 1. The van der Waals surface area contributed by atoms with E-state index >= 15 is 0 Å². The predicted octanol–water partition coefficient (Wildman–Crippen LogP) is 6.64. The molecular formula is C22H37N. The third kappa shape index (κ3) is 11.9. The summed E-state index contributed by atoms with van der Waals surface area (Å²) in [5.41, 5.74) is 2.69. The number of benzene rings is 1. The maximum Gasteiger partial charge on any atom is 0.0143 e. The summed E-state index contributed by atoms with van der Waals surface area (Å²) in [7, 11) is 0. The molecule has 0 aliphatic carbocycles. The van der Waals surface area contributed by atoms with Gasteiger partial charge in [-0.3, -0.25) is 0 Å². The van der Waals surface area contributed by atoms with Gasteiger partial charge in [0, 0.05) is 12.2 Å². The number of allylic oxidation sites excluding steroid dienone is 2. The van der Waals surface area contributed by atoms with E-state index in [1.165, 1.54) is 75.5 Å². The van der Waals surface area contributed by atoms with Crippen LogP contribution in [0.5, 0.6) is 0 Å². The summed E-state index contributed by atoms with van der Waals surface area (Å²) in [5.74, 6) is 0. The lowest BCUT2D eigenvalue weighted by Gasteiger charge is -2.07. The summed E-state index contributed by atoms with van der Waals surface area (Å²) in [5, 5.41) is 3.54. The van der Waals surface area contributed by atoms with Crippen LogP contribution in [0.1, 0.15) is 83.6 Å². The Hall–Kier alpha value is -1.24. The zero-order valence-electron chi connectivity index (χ0n) is 15.4. The van der Waals surface area contributed by atoms with Gasteiger partial charge in [-0.1, -0.05) is 101 Å². The topological polar surface area (TPSA) is 12.0 Å². The van der Waals surface area contributed by atoms with E-state index in [9.17, 15) is 0 Å². The highest BCUT2D eigenvalue weighted by atomic mass is 14.9. The summed E-state index contributed by atoms with van der Waals surface area (Å²) in [6, 6.07) is 10.7. The molecule has 0 radical (unpaired) electrons. The summed E-state index contributed by atoms with van der Waals surface area (Å²) >= 11 is 0. The maximum absolute atomic E-state index is 3.54. The van der Waals surface area contributed by atoms with E-state index in [2.05, 4.69) is 55.6 Å². The van der Waals surface area contributed by atoms with E-state index in [0.717, 1.165) is 13.0 Å². The van der Waals surface area contributed by atoms with E-state index in [1.54, 1.807) is 0 Å². The van der Waals surface area contributed by atoms with Crippen molar-refractivity contribution >= 4 is 0 Å². The van der Waals surface area contributed by atoms with Gasteiger partial charge in [0.05, 0.1) is 0 Å². The van der Waals surface area contributed by atoms with Crippen molar-refractivity contribution in [3.63, 3.8) is 0 Å². The van der Waals surface area contributed by atoms with Crippen LogP contribution >= 0.6 is 0 Å². The lowest BCUT2D eigenvalue weighted by molar-refractivity contribution is 0.551. The van der Waals surface area contributed by atoms with Crippen molar-refractivity contribution in [3.05, 3.63) is 47.7 Å². The van der Waals surface area contributed by atoms with Gasteiger partial charge in [-0.05, 0) is 25.3 Å². The quantitative estimate of drug-likeness (QED) is 0.379. The van der Waals surface area contributed by atoms with E-state index in [-0.39, 0.29) is 0 Å². The average Bonchev–Trinajstić information content (AvgIpc) is 2.59. The lowest BCUT2D eigenvalue weighted by atomic mass is 10.1. The molecule has 0 aromatic heterocycles. The molecule has 1 rings (SSSR count). The molecule has 0 unspecified atom stereocenters. The molecule has 1 N–H and O–H groups in total. The summed E-state index contributed by atoms with van der Waals surface area (Å²) < 4.78 is 0. The van der Waals surface area contributed by atoms with Gasteiger partial charge in [0.2, 0.25) is 0 Å². The normalized spacial score (nSPS) is 11.7. The van der Waals surface area contributed by atoms with Gasteiger partial charge in [-0.2, -0.15) is 0 Å². The molecule has 1 nitrogen and oxygen atoms in total. The van der Waals surface area contributed by atoms with Gasteiger partial charge in [0.1, 0.15) is 0 Å². The van der Waals surface area contributed by atoms with Crippen molar-refractivity contribution in [1.82, 2.24) is 5.32 Å². The van der Waals surface area contributed by atoms with Crippen molar-refractivity contribution in [2.45, 2.75) is 84.5 Å². The highest BCUT2D eigenvalue weighted by Gasteiger charge is 1.94. The molecular weight excluding hydrogens is 278 g/mol. The molecule has 23 heavy (non-hydrogen) atoms. The van der Waals surface area contributed by atoms with Crippen LogP contribution in [0.2, 0.25) is 0 Å². The molecule has 0 bridgehead atoms. The van der Waals surface area contributed by atoms with Gasteiger partial charge >= 0.3 is 0 Å². The van der Waals surface area contributed by atoms with E-state index in [4.69, 9.17) is 0 Å². The minimum atomic E-state index is 1.03. The van der Waals surface area contributed by atoms with Crippen molar-refractivity contribution in [1.29, 1.82) is 0 Å². The minimum Gasteiger partial charge on any atom is -0.389 e. The van der Waals surface area contributed by atoms with Crippen molar-refractivity contribution < 1.29 is 0 Å². The first-order chi connectivity index (χ1) is 11.3. The van der Waals surface area contributed by atoms with Gasteiger partial charge in [0.25, 0.3) is 0 Å². The van der Waals surface area contributed by atoms with Gasteiger partial charge in [-0.25, -0.2) is 0 Å². The van der Waals surface area contributed by atoms with Crippen LogP contribution in [0.15, 0.2) is 42.1 Å². The summed E-state index contributed by atoms with van der Waals surface area (Å²) in [6.45, 7) is 5.58. The molecule has 1 aromatic rings. The van der Waals surface area contributed by atoms with Crippen molar-refractivity contribution in [3.8, 4) is 0 Å². The third-order valence-electron chi connectivity index (χ3n) is 4.42. The number of unbranched alkanes of at least 4 members (excludes halogenated alkanes) is 9. The van der Waals surface area contributed by atoms with E-state index in [0.29, 0.717) is 0 Å². The molecule has 0 aliphatic heterocycles. The first kappa shape index (κ1) is 19.8. The molecule has 0 fully saturated rings. The van der Waals surface area contributed by atoms with Crippen molar-refractivity contribution in [2.75, 3.05) is 6.54 Å². The molecule has 0 atom stereocenters. The Morgan fingerprint density at radius 3 is 2.00 bits per heavy atom. The Kier molecular flexibility index (Phi) is 12.4. The van der Waals surface area contributed by atoms with Gasteiger partial charge in [-0.15, -0.1) is 0 Å². The van der Waals surface area contributed by atoms with Crippen LogP contribution in [0, 0.1) is 0 Å². The zero-order chi connectivity index (χ0) is 16.6. The Bertz CT molecular complexity index is 394. The highest BCUT2D eigenvalue weighted by molar-refractivity contribution is 5.18. The maximum atomic E-state index is 3.54. The lowest BCUT2D eigenvalue weighted by Crippen LogP contribution is -2.12.